The quantitative estimate of drug-likeness (QED) is 0.168. The van der Waals surface area contributed by atoms with Gasteiger partial charge in [0, 0.05) is 49.3 Å². The second kappa shape index (κ2) is 12.6. The van der Waals surface area contributed by atoms with Crippen molar-refractivity contribution in [1.82, 2.24) is 19.5 Å². The molecule has 55 heavy (non-hydrogen) atoms. The number of hydrogen-bond acceptors (Lipinski definition) is 3. The number of fused-ring (bicyclic) bond motifs is 8. The highest BCUT2D eigenvalue weighted by atomic mass is 15.0. The molecule has 3 heterocycles. The van der Waals surface area contributed by atoms with Crippen LogP contribution in [0.15, 0.2) is 194 Å². The maximum absolute atomic E-state index is 5.50. The predicted octanol–water partition coefficient (Wildman–Crippen LogP) is 13.1. The minimum atomic E-state index is 0.849. The number of pyridine rings is 1. The zero-order chi connectivity index (χ0) is 36.3. The van der Waals surface area contributed by atoms with Crippen molar-refractivity contribution < 1.29 is 0 Å². The van der Waals surface area contributed by atoms with Gasteiger partial charge in [0.05, 0.1) is 44.7 Å². The fourth-order valence-electron chi connectivity index (χ4n) is 8.29. The number of hydrogen-bond donors (Lipinski definition) is 0. The molecule has 4 heteroatoms. The Bertz CT molecular complexity index is 3190. The van der Waals surface area contributed by atoms with E-state index in [1.807, 2.05) is 12.1 Å². The topological polar surface area (TPSA) is 43.6 Å². The van der Waals surface area contributed by atoms with Crippen LogP contribution < -0.4 is 0 Å². The van der Waals surface area contributed by atoms with Crippen molar-refractivity contribution in [3.05, 3.63) is 194 Å². The molecule has 0 N–H and O–H groups in total. The molecule has 0 saturated carbocycles. The first-order chi connectivity index (χ1) is 27.3. The van der Waals surface area contributed by atoms with E-state index in [1.165, 1.54) is 21.8 Å². The summed E-state index contributed by atoms with van der Waals surface area (Å²) in [5, 5.41) is 5.67. The van der Waals surface area contributed by atoms with Crippen LogP contribution in [0.1, 0.15) is 0 Å². The molecule has 0 fully saturated rings. The molecule has 256 valence electrons. The third-order valence-corrected chi connectivity index (χ3v) is 10.8. The van der Waals surface area contributed by atoms with Crippen LogP contribution in [0.3, 0.4) is 0 Å². The first kappa shape index (κ1) is 31.1. The molecule has 0 amide bonds. The largest absolute Gasteiger partial charge is 0.309 e. The van der Waals surface area contributed by atoms with Crippen molar-refractivity contribution in [3.8, 4) is 50.6 Å². The summed E-state index contributed by atoms with van der Waals surface area (Å²) in [4.78, 5) is 16.2. The van der Waals surface area contributed by atoms with Crippen LogP contribution in [0, 0.1) is 0 Å². The summed E-state index contributed by atoms with van der Waals surface area (Å²) in [7, 11) is 0. The Morgan fingerprint density at radius 2 is 0.836 bits per heavy atom. The zero-order valence-electron chi connectivity index (χ0n) is 29.8. The maximum Gasteiger partial charge on any atom is 0.0980 e. The maximum atomic E-state index is 5.50. The van der Waals surface area contributed by atoms with Gasteiger partial charge in [0.15, 0.2) is 0 Å². The summed E-state index contributed by atoms with van der Waals surface area (Å²) in [5.74, 6) is 0. The van der Waals surface area contributed by atoms with E-state index in [1.54, 1.807) is 0 Å². The average molecular weight is 701 g/mol. The minimum absolute atomic E-state index is 0.849. The summed E-state index contributed by atoms with van der Waals surface area (Å²) in [6.07, 6.45) is 0. The van der Waals surface area contributed by atoms with Gasteiger partial charge in [0.25, 0.3) is 0 Å². The molecule has 0 aliphatic rings. The molecule has 0 saturated heterocycles. The van der Waals surface area contributed by atoms with Crippen LogP contribution in [0.5, 0.6) is 0 Å². The highest BCUT2D eigenvalue weighted by Crippen LogP contribution is 2.42. The smallest absolute Gasteiger partial charge is 0.0980 e. The molecular weight excluding hydrogens is 669 g/mol. The van der Waals surface area contributed by atoms with Crippen molar-refractivity contribution in [2.24, 2.45) is 0 Å². The number of aromatic nitrogens is 4. The van der Waals surface area contributed by atoms with Crippen molar-refractivity contribution >= 4 is 54.5 Å². The molecule has 8 aromatic carbocycles. The minimum Gasteiger partial charge on any atom is -0.309 e. The van der Waals surface area contributed by atoms with Crippen LogP contribution in [0.4, 0.5) is 0 Å². The molecule has 11 rings (SSSR count). The summed E-state index contributed by atoms with van der Waals surface area (Å²) in [5.41, 5.74) is 14.2. The van der Waals surface area contributed by atoms with Crippen molar-refractivity contribution in [2.45, 2.75) is 0 Å². The van der Waals surface area contributed by atoms with Gasteiger partial charge in [0.2, 0.25) is 0 Å². The van der Waals surface area contributed by atoms with Crippen molar-refractivity contribution in [2.75, 3.05) is 0 Å². The lowest BCUT2D eigenvalue weighted by Gasteiger charge is -2.17. The fourth-order valence-corrected chi connectivity index (χ4v) is 8.29. The normalized spacial score (nSPS) is 11.6. The van der Waals surface area contributed by atoms with E-state index < -0.39 is 0 Å². The van der Waals surface area contributed by atoms with Gasteiger partial charge in [-0.25, -0.2) is 15.0 Å². The van der Waals surface area contributed by atoms with Crippen LogP contribution in [-0.4, -0.2) is 19.5 Å². The fraction of sp³-hybridized carbons (Fsp3) is 0. The van der Waals surface area contributed by atoms with E-state index in [9.17, 15) is 0 Å². The van der Waals surface area contributed by atoms with Gasteiger partial charge in [-0.2, -0.15) is 0 Å². The van der Waals surface area contributed by atoms with Gasteiger partial charge >= 0.3 is 0 Å². The summed E-state index contributed by atoms with van der Waals surface area (Å²) >= 11 is 0. The van der Waals surface area contributed by atoms with Gasteiger partial charge in [-0.05, 0) is 53.6 Å². The second-order valence-electron chi connectivity index (χ2n) is 13.9. The Balaban J connectivity index is 1.12. The third kappa shape index (κ3) is 5.03. The van der Waals surface area contributed by atoms with Gasteiger partial charge < -0.3 is 4.57 Å². The summed E-state index contributed by atoms with van der Waals surface area (Å²) in [6.45, 7) is 0. The molecule has 0 bridgehead atoms. The molecule has 0 aliphatic heterocycles. The van der Waals surface area contributed by atoms with Crippen LogP contribution in [-0.2, 0) is 0 Å². The van der Waals surface area contributed by atoms with Crippen molar-refractivity contribution in [1.29, 1.82) is 0 Å². The van der Waals surface area contributed by atoms with Gasteiger partial charge in [-0.3, -0.25) is 0 Å². The number of rotatable bonds is 5. The lowest BCUT2D eigenvalue weighted by molar-refractivity contribution is 1.18. The van der Waals surface area contributed by atoms with E-state index >= 15 is 0 Å². The first-order valence-corrected chi connectivity index (χ1v) is 18.6. The average Bonchev–Trinajstić information content (AvgIpc) is 3.60. The van der Waals surface area contributed by atoms with E-state index in [-0.39, 0.29) is 0 Å². The molecule has 4 nitrogen and oxygen atoms in total. The van der Waals surface area contributed by atoms with Gasteiger partial charge in [-0.15, -0.1) is 0 Å². The van der Waals surface area contributed by atoms with E-state index in [0.29, 0.717) is 0 Å². The zero-order valence-corrected chi connectivity index (χ0v) is 29.8. The van der Waals surface area contributed by atoms with E-state index in [2.05, 4.69) is 187 Å². The van der Waals surface area contributed by atoms with Gasteiger partial charge in [0.1, 0.15) is 0 Å². The Labute approximate surface area is 317 Å². The van der Waals surface area contributed by atoms with Crippen LogP contribution >= 0.6 is 0 Å². The van der Waals surface area contributed by atoms with Crippen LogP contribution in [0.2, 0.25) is 0 Å². The van der Waals surface area contributed by atoms with E-state index in [0.717, 1.165) is 83.3 Å². The summed E-state index contributed by atoms with van der Waals surface area (Å²) in [6, 6.07) is 68.2. The molecule has 11 aromatic rings. The SMILES string of the molecule is c1ccc(-c2nc3ccc4c(-c5ccccc5-c5ccc(-n6c7ccccc7c7ccccc76)cc5)nc5ccccc5c4c3nc2-c2ccccc2)cc1. The molecule has 0 aliphatic carbocycles. The van der Waals surface area contributed by atoms with E-state index in [4.69, 9.17) is 15.0 Å². The lowest BCUT2D eigenvalue weighted by Crippen LogP contribution is -1.98. The Morgan fingerprint density at radius 3 is 1.51 bits per heavy atom. The predicted molar refractivity (Wildman–Crippen MR) is 228 cm³/mol. The Morgan fingerprint density at radius 1 is 0.309 bits per heavy atom. The number of benzene rings is 8. The van der Waals surface area contributed by atoms with Gasteiger partial charge in [-0.1, -0.05) is 152 Å². The molecule has 0 atom stereocenters. The number of nitrogens with zero attached hydrogens (tertiary/aromatic N) is 4. The highest BCUT2D eigenvalue weighted by Gasteiger charge is 2.20. The monoisotopic (exact) mass is 700 g/mol. The summed E-state index contributed by atoms with van der Waals surface area (Å²) < 4.78 is 2.36. The molecule has 0 unspecified atom stereocenters. The standard InChI is InChI=1S/C51H32N4/c1-3-15-34(16-4-1)48-49(35-17-5-2-6-18-35)54-51-44(53-48)32-31-42-47(51)41-23-9-12-24-43(41)52-50(42)40-22-8-7-19-37(40)33-27-29-36(30-28-33)55-45-25-13-10-20-38(45)39-21-11-14-26-46(39)55/h1-32H. The number of para-hydroxylation sites is 3. The lowest BCUT2D eigenvalue weighted by atomic mass is 9.93. The van der Waals surface area contributed by atoms with Crippen LogP contribution in [0.25, 0.3) is 105 Å². The Kier molecular flexibility index (Phi) is 7.14. The highest BCUT2D eigenvalue weighted by molar-refractivity contribution is 6.21. The molecule has 0 radical (unpaired) electrons. The molecule has 0 spiro atoms. The second-order valence-corrected chi connectivity index (χ2v) is 13.9. The molecule has 3 aromatic heterocycles. The molecular formula is C51H32N4. The Hall–Kier alpha value is -7.43. The first-order valence-electron chi connectivity index (χ1n) is 18.6. The third-order valence-electron chi connectivity index (χ3n) is 10.8. The van der Waals surface area contributed by atoms with Crippen molar-refractivity contribution in [3.63, 3.8) is 0 Å².